The number of phenols is 2. The quantitative estimate of drug-likeness (QED) is 0.609. The number of aromatic hydroxyl groups is 2. The van der Waals surface area contributed by atoms with Crippen LogP contribution in [0.2, 0.25) is 0 Å². The molecule has 2 N–H and O–H groups in total. The van der Waals surface area contributed by atoms with E-state index in [2.05, 4.69) is 0 Å². The number of alkyl halides is 2. The number of hydrogen-bond donors (Lipinski definition) is 2. The molecule has 0 atom stereocenters. The summed E-state index contributed by atoms with van der Waals surface area (Å²) in [5, 5.41) is 18.2. The predicted molar refractivity (Wildman–Crippen MR) is 57.6 cm³/mol. The highest BCUT2D eigenvalue weighted by Crippen LogP contribution is 2.25. The normalized spacial score (nSPS) is 11.1. The second-order valence-electron chi connectivity index (χ2n) is 3.71. The van der Waals surface area contributed by atoms with Gasteiger partial charge in [-0.3, -0.25) is 9.69 Å². The van der Waals surface area contributed by atoms with E-state index >= 15 is 0 Å². The Hall–Kier alpha value is -1.69. The molecular formula is C11H13F2NO3. The van der Waals surface area contributed by atoms with Gasteiger partial charge in [-0.1, -0.05) is 0 Å². The van der Waals surface area contributed by atoms with Crippen molar-refractivity contribution < 1.29 is 23.8 Å². The first kappa shape index (κ1) is 13.4. The molecule has 0 unspecified atom stereocenters. The number of rotatable bonds is 5. The van der Waals surface area contributed by atoms with E-state index in [-0.39, 0.29) is 17.9 Å². The van der Waals surface area contributed by atoms with Gasteiger partial charge in [0.2, 0.25) is 0 Å². The van der Waals surface area contributed by atoms with Crippen LogP contribution in [0.4, 0.5) is 8.78 Å². The first-order valence-corrected chi connectivity index (χ1v) is 4.92. The highest BCUT2D eigenvalue weighted by atomic mass is 19.3. The van der Waals surface area contributed by atoms with E-state index in [9.17, 15) is 18.7 Å². The monoisotopic (exact) mass is 245 g/mol. The number of hydrogen-bond acceptors (Lipinski definition) is 4. The molecule has 0 saturated carbocycles. The number of carbonyl (C=O) groups is 1. The number of benzene rings is 1. The van der Waals surface area contributed by atoms with Crippen molar-refractivity contribution >= 4 is 5.78 Å². The molecule has 0 aliphatic carbocycles. The number of halogens is 2. The second-order valence-corrected chi connectivity index (χ2v) is 3.71. The second kappa shape index (κ2) is 5.58. The average molecular weight is 245 g/mol. The molecule has 0 bridgehead atoms. The molecule has 94 valence electrons. The SMILES string of the molecule is CN(CC(=O)c1ccc(O)c(O)c1)CC(F)F. The molecule has 0 fully saturated rings. The van der Waals surface area contributed by atoms with Gasteiger partial charge < -0.3 is 10.2 Å². The van der Waals surface area contributed by atoms with Crippen molar-refractivity contribution in [3.8, 4) is 11.5 Å². The molecule has 4 nitrogen and oxygen atoms in total. The van der Waals surface area contributed by atoms with Crippen LogP contribution >= 0.6 is 0 Å². The van der Waals surface area contributed by atoms with Crippen LogP contribution in [0.25, 0.3) is 0 Å². The molecule has 0 heterocycles. The van der Waals surface area contributed by atoms with Gasteiger partial charge in [-0.25, -0.2) is 8.78 Å². The molecule has 0 spiro atoms. The van der Waals surface area contributed by atoms with Gasteiger partial charge in [0.25, 0.3) is 6.43 Å². The van der Waals surface area contributed by atoms with Gasteiger partial charge in [-0.2, -0.15) is 0 Å². The van der Waals surface area contributed by atoms with Crippen LogP contribution in [0, 0.1) is 0 Å². The van der Waals surface area contributed by atoms with Gasteiger partial charge in [0.1, 0.15) is 0 Å². The van der Waals surface area contributed by atoms with Crippen molar-refractivity contribution in [2.24, 2.45) is 0 Å². The van der Waals surface area contributed by atoms with Crippen LogP contribution in [0.15, 0.2) is 18.2 Å². The third-order valence-electron chi connectivity index (χ3n) is 2.16. The van der Waals surface area contributed by atoms with E-state index in [4.69, 9.17) is 5.11 Å². The summed E-state index contributed by atoms with van der Waals surface area (Å²) in [4.78, 5) is 12.8. The predicted octanol–water partition coefficient (Wildman–Crippen LogP) is 1.48. The Bertz CT molecular complexity index is 410. The maximum Gasteiger partial charge on any atom is 0.251 e. The minimum absolute atomic E-state index is 0.168. The largest absolute Gasteiger partial charge is 0.504 e. The standard InChI is InChI=1S/C11H13F2NO3/c1-14(6-11(12)13)5-10(17)7-2-3-8(15)9(16)4-7/h2-4,11,15-16H,5-6H2,1H3. The molecule has 0 amide bonds. The molecule has 0 radical (unpaired) electrons. The Labute approximate surface area is 97.1 Å². The minimum atomic E-state index is -2.50. The first-order valence-electron chi connectivity index (χ1n) is 4.92. The summed E-state index contributed by atoms with van der Waals surface area (Å²) < 4.78 is 24.1. The van der Waals surface area contributed by atoms with Crippen molar-refractivity contribution in [2.45, 2.75) is 6.43 Å². The fourth-order valence-electron chi connectivity index (χ4n) is 1.33. The lowest BCUT2D eigenvalue weighted by Gasteiger charge is -2.14. The number of ketones is 1. The average Bonchev–Trinajstić information content (AvgIpc) is 2.20. The molecule has 0 aliphatic heterocycles. The number of likely N-dealkylation sites (N-methyl/N-ethyl adjacent to an activating group) is 1. The number of phenolic OH excluding ortho intramolecular Hbond substituents is 2. The van der Waals surface area contributed by atoms with Crippen molar-refractivity contribution in [1.29, 1.82) is 0 Å². The van der Waals surface area contributed by atoms with Crippen LogP contribution < -0.4 is 0 Å². The van der Waals surface area contributed by atoms with Crippen LogP contribution in [0.3, 0.4) is 0 Å². The smallest absolute Gasteiger partial charge is 0.251 e. The molecule has 0 aromatic heterocycles. The highest BCUT2D eigenvalue weighted by Gasteiger charge is 2.14. The van der Waals surface area contributed by atoms with Gasteiger partial charge in [-0.15, -0.1) is 0 Å². The summed E-state index contributed by atoms with van der Waals surface area (Å²) in [6.45, 7) is -0.662. The Balaban J connectivity index is 2.66. The third-order valence-corrected chi connectivity index (χ3v) is 2.16. The topological polar surface area (TPSA) is 60.8 Å². The summed E-state index contributed by atoms with van der Waals surface area (Å²) in [7, 11) is 1.41. The molecule has 0 aliphatic rings. The zero-order valence-corrected chi connectivity index (χ0v) is 9.23. The molecule has 1 rings (SSSR count). The van der Waals surface area contributed by atoms with Crippen LogP contribution in [-0.4, -0.2) is 47.5 Å². The van der Waals surface area contributed by atoms with Crippen molar-refractivity contribution in [3.05, 3.63) is 23.8 Å². The first-order chi connectivity index (χ1) is 7.90. The minimum Gasteiger partial charge on any atom is -0.504 e. The molecule has 1 aromatic carbocycles. The van der Waals surface area contributed by atoms with Crippen molar-refractivity contribution in [1.82, 2.24) is 4.90 Å². The summed E-state index contributed by atoms with van der Waals surface area (Å²) in [5.74, 6) is -1.14. The zero-order chi connectivity index (χ0) is 13.0. The molecule has 0 saturated heterocycles. The highest BCUT2D eigenvalue weighted by molar-refractivity contribution is 5.98. The zero-order valence-electron chi connectivity index (χ0n) is 9.23. The molecule has 17 heavy (non-hydrogen) atoms. The van der Waals surface area contributed by atoms with Gasteiger partial charge >= 0.3 is 0 Å². The Morgan fingerprint density at radius 2 is 2.00 bits per heavy atom. The van der Waals surface area contributed by atoms with Crippen LogP contribution in [0.1, 0.15) is 10.4 Å². The van der Waals surface area contributed by atoms with Gasteiger partial charge in [0.05, 0.1) is 13.1 Å². The fourth-order valence-corrected chi connectivity index (χ4v) is 1.33. The van der Waals surface area contributed by atoms with E-state index in [0.717, 1.165) is 6.07 Å². The number of carbonyl (C=O) groups excluding carboxylic acids is 1. The lowest BCUT2D eigenvalue weighted by atomic mass is 10.1. The Morgan fingerprint density at radius 1 is 1.35 bits per heavy atom. The summed E-state index contributed by atoms with van der Waals surface area (Å²) in [6, 6.07) is 3.61. The van der Waals surface area contributed by atoms with E-state index in [1.807, 2.05) is 0 Å². The summed E-state index contributed by atoms with van der Waals surface area (Å²) in [6.07, 6.45) is -2.50. The molecule has 6 heteroatoms. The van der Waals surface area contributed by atoms with E-state index in [0.29, 0.717) is 0 Å². The van der Waals surface area contributed by atoms with E-state index < -0.39 is 24.5 Å². The third kappa shape index (κ3) is 3.99. The molecular weight excluding hydrogens is 232 g/mol. The maximum absolute atomic E-state index is 12.0. The lowest BCUT2D eigenvalue weighted by molar-refractivity contribution is 0.0819. The van der Waals surface area contributed by atoms with Crippen LogP contribution in [-0.2, 0) is 0 Å². The van der Waals surface area contributed by atoms with E-state index in [1.165, 1.54) is 24.1 Å². The number of nitrogens with zero attached hydrogens (tertiary/aromatic N) is 1. The fraction of sp³-hybridized carbons (Fsp3) is 0.364. The Morgan fingerprint density at radius 3 is 2.53 bits per heavy atom. The van der Waals surface area contributed by atoms with Crippen LogP contribution in [0.5, 0.6) is 11.5 Å². The lowest BCUT2D eigenvalue weighted by Crippen LogP contribution is -2.30. The maximum atomic E-state index is 12.0. The summed E-state index contributed by atoms with van der Waals surface area (Å²) >= 11 is 0. The van der Waals surface area contributed by atoms with Gasteiger partial charge in [-0.05, 0) is 25.2 Å². The van der Waals surface area contributed by atoms with E-state index in [1.54, 1.807) is 0 Å². The van der Waals surface area contributed by atoms with Crippen molar-refractivity contribution in [2.75, 3.05) is 20.1 Å². The van der Waals surface area contributed by atoms with Gasteiger partial charge in [0.15, 0.2) is 17.3 Å². The summed E-state index contributed by atoms with van der Waals surface area (Å²) in [5.41, 5.74) is 0.168. The van der Waals surface area contributed by atoms with Gasteiger partial charge in [0, 0.05) is 5.56 Å². The molecule has 1 aromatic rings. The van der Waals surface area contributed by atoms with Crippen molar-refractivity contribution in [3.63, 3.8) is 0 Å². The number of Topliss-reactive ketones (excluding diaryl/α,β-unsaturated/α-hetero) is 1. The Kier molecular flexibility index (Phi) is 4.39.